The van der Waals surface area contributed by atoms with E-state index in [4.69, 9.17) is 4.74 Å². The number of anilines is 1. The molecular weight excluding hydrogens is 188 g/mol. The van der Waals surface area contributed by atoms with Crippen LogP contribution in [0.2, 0.25) is 0 Å². The van der Waals surface area contributed by atoms with Crippen molar-refractivity contribution in [1.82, 2.24) is 4.98 Å². The molecular formula is C12H18N2O. The molecule has 3 nitrogen and oxygen atoms in total. The van der Waals surface area contributed by atoms with Crippen LogP contribution in [0.3, 0.4) is 0 Å². The van der Waals surface area contributed by atoms with E-state index >= 15 is 0 Å². The van der Waals surface area contributed by atoms with Crippen molar-refractivity contribution in [2.45, 2.75) is 39.2 Å². The standard InChI is InChI=1S/C12H18N2O/c1-4-9-6-7-13-11-10(9)14-8-12(3,5-2)15-11/h6-7,14H,4-5,8H2,1-3H3. The van der Waals surface area contributed by atoms with Crippen LogP contribution in [-0.2, 0) is 6.42 Å². The number of nitrogens with one attached hydrogen (secondary N) is 1. The van der Waals surface area contributed by atoms with Crippen LogP contribution in [0.4, 0.5) is 5.69 Å². The van der Waals surface area contributed by atoms with E-state index in [1.165, 1.54) is 5.56 Å². The minimum absolute atomic E-state index is 0.119. The van der Waals surface area contributed by atoms with Gasteiger partial charge in [0.2, 0.25) is 5.88 Å². The summed E-state index contributed by atoms with van der Waals surface area (Å²) in [5.74, 6) is 0.755. The first-order valence-corrected chi connectivity index (χ1v) is 5.59. The minimum Gasteiger partial charge on any atom is -0.468 e. The van der Waals surface area contributed by atoms with Gasteiger partial charge in [0, 0.05) is 6.20 Å². The van der Waals surface area contributed by atoms with Gasteiger partial charge in [-0.25, -0.2) is 4.98 Å². The molecule has 1 aromatic heterocycles. The average molecular weight is 206 g/mol. The smallest absolute Gasteiger partial charge is 0.238 e. The predicted octanol–water partition coefficient (Wildman–Crippen LogP) is 2.62. The highest BCUT2D eigenvalue weighted by Gasteiger charge is 2.31. The first-order valence-electron chi connectivity index (χ1n) is 5.59. The van der Waals surface area contributed by atoms with E-state index in [9.17, 15) is 0 Å². The van der Waals surface area contributed by atoms with Crippen molar-refractivity contribution in [2.24, 2.45) is 0 Å². The Morgan fingerprint density at radius 3 is 3.00 bits per heavy atom. The van der Waals surface area contributed by atoms with Crippen LogP contribution in [0, 0.1) is 0 Å². The highest BCUT2D eigenvalue weighted by molar-refractivity contribution is 5.60. The second-order valence-electron chi connectivity index (χ2n) is 4.26. The van der Waals surface area contributed by atoms with E-state index in [1.807, 2.05) is 12.3 Å². The maximum absolute atomic E-state index is 5.94. The largest absolute Gasteiger partial charge is 0.468 e. The number of nitrogens with zero attached hydrogens (tertiary/aromatic N) is 1. The maximum atomic E-state index is 5.94. The zero-order chi connectivity index (χ0) is 10.9. The molecule has 2 rings (SSSR count). The van der Waals surface area contributed by atoms with Gasteiger partial charge in [-0.1, -0.05) is 13.8 Å². The molecule has 0 saturated carbocycles. The number of aryl methyl sites for hydroxylation is 1. The zero-order valence-electron chi connectivity index (χ0n) is 9.63. The van der Waals surface area contributed by atoms with Crippen molar-refractivity contribution in [3.63, 3.8) is 0 Å². The van der Waals surface area contributed by atoms with Gasteiger partial charge in [-0.15, -0.1) is 0 Å². The number of hydrogen-bond donors (Lipinski definition) is 1. The van der Waals surface area contributed by atoms with Crippen LogP contribution in [0.25, 0.3) is 0 Å². The molecule has 2 heterocycles. The number of ether oxygens (including phenoxy) is 1. The lowest BCUT2D eigenvalue weighted by molar-refractivity contribution is 0.0849. The van der Waals surface area contributed by atoms with Gasteiger partial charge < -0.3 is 10.1 Å². The molecule has 3 heteroatoms. The lowest BCUT2D eigenvalue weighted by Gasteiger charge is -2.35. The molecule has 0 bridgehead atoms. The third-order valence-corrected chi connectivity index (χ3v) is 3.11. The summed E-state index contributed by atoms with van der Waals surface area (Å²) in [5.41, 5.74) is 2.23. The lowest BCUT2D eigenvalue weighted by atomic mass is 10.0. The summed E-state index contributed by atoms with van der Waals surface area (Å²) in [7, 11) is 0. The molecule has 0 amide bonds. The van der Waals surface area contributed by atoms with Crippen LogP contribution < -0.4 is 10.1 Å². The first kappa shape index (κ1) is 10.3. The molecule has 15 heavy (non-hydrogen) atoms. The summed E-state index contributed by atoms with van der Waals surface area (Å²) >= 11 is 0. The van der Waals surface area contributed by atoms with Gasteiger partial charge >= 0.3 is 0 Å². The molecule has 1 aliphatic rings. The topological polar surface area (TPSA) is 34.2 Å². The Morgan fingerprint density at radius 1 is 1.53 bits per heavy atom. The molecule has 0 aromatic carbocycles. The fraction of sp³-hybridized carbons (Fsp3) is 0.583. The van der Waals surface area contributed by atoms with Crippen LogP contribution in [0.1, 0.15) is 32.8 Å². The van der Waals surface area contributed by atoms with Crippen LogP contribution >= 0.6 is 0 Å². The Balaban J connectivity index is 2.35. The molecule has 82 valence electrons. The predicted molar refractivity (Wildman–Crippen MR) is 61.4 cm³/mol. The van der Waals surface area contributed by atoms with Crippen molar-refractivity contribution in [3.05, 3.63) is 17.8 Å². The summed E-state index contributed by atoms with van der Waals surface area (Å²) in [4.78, 5) is 4.29. The molecule has 1 N–H and O–H groups in total. The zero-order valence-corrected chi connectivity index (χ0v) is 9.63. The van der Waals surface area contributed by atoms with Gasteiger partial charge in [-0.2, -0.15) is 0 Å². The lowest BCUT2D eigenvalue weighted by Crippen LogP contribution is -2.43. The van der Waals surface area contributed by atoms with E-state index in [0.717, 1.165) is 31.0 Å². The van der Waals surface area contributed by atoms with Crippen LogP contribution in [0.15, 0.2) is 12.3 Å². The van der Waals surface area contributed by atoms with Gasteiger partial charge in [0.25, 0.3) is 0 Å². The summed E-state index contributed by atoms with van der Waals surface area (Å²) < 4.78 is 5.94. The van der Waals surface area contributed by atoms with E-state index in [1.54, 1.807) is 0 Å². The van der Waals surface area contributed by atoms with Gasteiger partial charge in [0.05, 0.1) is 6.54 Å². The van der Waals surface area contributed by atoms with Crippen molar-refractivity contribution in [3.8, 4) is 5.88 Å². The SMILES string of the molecule is CCc1ccnc2c1NCC(C)(CC)O2. The maximum Gasteiger partial charge on any atom is 0.238 e. The summed E-state index contributed by atoms with van der Waals surface area (Å²) in [5, 5.41) is 3.44. The van der Waals surface area contributed by atoms with Crippen LogP contribution in [-0.4, -0.2) is 17.1 Å². The second-order valence-corrected chi connectivity index (χ2v) is 4.26. The van der Waals surface area contributed by atoms with E-state index in [-0.39, 0.29) is 5.60 Å². The summed E-state index contributed by atoms with van der Waals surface area (Å²) in [6.07, 6.45) is 3.81. The number of hydrogen-bond acceptors (Lipinski definition) is 3. The molecule has 0 saturated heterocycles. The monoisotopic (exact) mass is 206 g/mol. The fourth-order valence-electron chi connectivity index (χ4n) is 1.78. The summed E-state index contributed by atoms with van der Waals surface area (Å²) in [6, 6.07) is 2.05. The third-order valence-electron chi connectivity index (χ3n) is 3.11. The molecule has 0 aliphatic carbocycles. The first-order chi connectivity index (χ1) is 7.18. The van der Waals surface area contributed by atoms with Crippen molar-refractivity contribution >= 4 is 5.69 Å². The number of fused-ring (bicyclic) bond motifs is 1. The van der Waals surface area contributed by atoms with E-state index in [0.29, 0.717) is 0 Å². The van der Waals surface area contributed by atoms with Crippen LogP contribution in [0.5, 0.6) is 5.88 Å². The highest BCUT2D eigenvalue weighted by Crippen LogP contribution is 2.34. The molecule has 0 fully saturated rings. The van der Waals surface area contributed by atoms with Gasteiger partial charge in [0.1, 0.15) is 11.3 Å². The van der Waals surface area contributed by atoms with Gasteiger partial charge in [0.15, 0.2) is 0 Å². The van der Waals surface area contributed by atoms with Crippen molar-refractivity contribution in [1.29, 1.82) is 0 Å². The molecule has 0 spiro atoms. The third kappa shape index (κ3) is 1.78. The average Bonchev–Trinajstić information content (AvgIpc) is 2.28. The Bertz CT molecular complexity index is 365. The second kappa shape index (κ2) is 3.72. The van der Waals surface area contributed by atoms with E-state index in [2.05, 4.69) is 31.1 Å². The van der Waals surface area contributed by atoms with E-state index < -0.39 is 0 Å². The van der Waals surface area contributed by atoms with Gasteiger partial charge in [-0.3, -0.25) is 0 Å². The highest BCUT2D eigenvalue weighted by atomic mass is 16.5. The van der Waals surface area contributed by atoms with Crippen molar-refractivity contribution < 1.29 is 4.74 Å². The van der Waals surface area contributed by atoms with Gasteiger partial charge in [-0.05, 0) is 31.4 Å². The minimum atomic E-state index is -0.119. The Hall–Kier alpha value is -1.25. The Morgan fingerprint density at radius 2 is 2.33 bits per heavy atom. The Labute approximate surface area is 90.9 Å². The molecule has 1 atom stereocenters. The number of pyridine rings is 1. The fourth-order valence-corrected chi connectivity index (χ4v) is 1.78. The molecule has 1 aliphatic heterocycles. The van der Waals surface area contributed by atoms with Crippen molar-refractivity contribution in [2.75, 3.05) is 11.9 Å². The normalized spacial score (nSPS) is 23.9. The summed E-state index contributed by atoms with van der Waals surface area (Å²) in [6.45, 7) is 7.25. The molecule has 1 aromatic rings. The number of rotatable bonds is 2. The quantitative estimate of drug-likeness (QED) is 0.807. The Kier molecular flexibility index (Phi) is 2.55. The molecule has 1 unspecified atom stereocenters. The number of aromatic nitrogens is 1. The molecule has 0 radical (unpaired) electrons.